The number of aromatic amines is 1. The van der Waals surface area contributed by atoms with Gasteiger partial charge in [0.05, 0.1) is 23.8 Å². The van der Waals surface area contributed by atoms with Gasteiger partial charge in [-0.25, -0.2) is 0 Å². The van der Waals surface area contributed by atoms with Gasteiger partial charge in [0.15, 0.2) is 5.78 Å². The summed E-state index contributed by atoms with van der Waals surface area (Å²) >= 11 is 0. The summed E-state index contributed by atoms with van der Waals surface area (Å²) in [6.07, 6.45) is 0. The Hall–Kier alpha value is -2.90. The highest BCUT2D eigenvalue weighted by Gasteiger charge is 2.39. The Labute approximate surface area is 139 Å². The lowest BCUT2D eigenvalue weighted by atomic mass is 9.71. The molecule has 1 aliphatic carbocycles. The number of ketones is 1. The highest BCUT2D eigenvalue weighted by Crippen LogP contribution is 2.43. The first-order valence-electron chi connectivity index (χ1n) is 7.82. The summed E-state index contributed by atoms with van der Waals surface area (Å²) in [6, 6.07) is 13.0. The Bertz CT molecular complexity index is 1050. The van der Waals surface area contributed by atoms with Crippen LogP contribution >= 0.6 is 0 Å². The Morgan fingerprint density at radius 1 is 1.21 bits per heavy atom. The molecule has 2 aromatic carbocycles. The van der Waals surface area contributed by atoms with Gasteiger partial charge in [-0.3, -0.25) is 4.79 Å². The molecular weight excluding hydrogens is 300 g/mol. The lowest BCUT2D eigenvalue weighted by Gasteiger charge is -2.32. The average Bonchev–Trinajstić information content (AvgIpc) is 2.99. The number of nitriles is 1. The first-order chi connectivity index (χ1) is 11.5. The van der Waals surface area contributed by atoms with Gasteiger partial charge in [-0.15, -0.1) is 0 Å². The van der Waals surface area contributed by atoms with Crippen LogP contribution in [0.25, 0.3) is 10.9 Å². The molecule has 0 unspecified atom stereocenters. The van der Waals surface area contributed by atoms with Crippen LogP contribution in [-0.4, -0.2) is 15.9 Å². The summed E-state index contributed by atoms with van der Waals surface area (Å²) in [5, 5.41) is 19.4. The lowest BCUT2D eigenvalue weighted by Crippen LogP contribution is -2.30. The summed E-state index contributed by atoms with van der Waals surface area (Å²) in [6.45, 7) is 4.08. The highest BCUT2D eigenvalue weighted by atomic mass is 16.3. The number of H-pyrrole nitrogens is 1. The number of hydrogen-bond acceptors (Lipinski definition) is 3. The Balaban J connectivity index is 2.06. The van der Waals surface area contributed by atoms with Gasteiger partial charge in [0.1, 0.15) is 0 Å². The van der Waals surface area contributed by atoms with E-state index in [1.807, 2.05) is 12.1 Å². The van der Waals surface area contributed by atoms with Crippen molar-refractivity contribution < 1.29 is 9.90 Å². The van der Waals surface area contributed by atoms with E-state index < -0.39 is 5.41 Å². The van der Waals surface area contributed by atoms with E-state index in [1.165, 1.54) is 0 Å². The van der Waals surface area contributed by atoms with Crippen LogP contribution in [0, 0.1) is 11.3 Å². The number of carbonyl (C=O) groups excluding carboxylic acids is 1. The van der Waals surface area contributed by atoms with Crippen molar-refractivity contribution in [3.8, 4) is 6.07 Å². The molecule has 4 nitrogen and oxygen atoms in total. The number of hydrogen-bond donors (Lipinski definition) is 2. The number of nitrogens with one attached hydrogen (secondary N) is 1. The van der Waals surface area contributed by atoms with Crippen LogP contribution in [0.4, 0.5) is 0 Å². The van der Waals surface area contributed by atoms with Crippen molar-refractivity contribution in [2.75, 3.05) is 0 Å². The van der Waals surface area contributed by atoms with Crippen molar-refractivity contribution in [1.82, 2.24) is 4.98 Å². The zero-order chi connectivity index (χ0) is 17.1. The van der Waals surface area contributed by atoms with Crippen LogP contribution < -0.4 is 0 Å². The normalized spacial score (nSPS) is 15.0. The van der Waals surface area contributed by atoms with Crippen LogP contribution in [0.1, 0.15) is 52.2 Å². The molecule has 4 rings (SSSR count). The van der Waals surface area contributed by atoms with E-state index in [0.29, 0.717) is 16.7 Å². The molecule has 0 saturated carbocycles. The van der Waals surface area contributed by atoms with E-state index in [2.05, 4.69) is 24.9 Å². The molecule has 1 aliphatic rings. The van der Waals surface area contributed by atoms with Gasteiger partial charge < -0.3 is 10.1 Å². The summed E-state index contributed by atoms with van der Waals surface area (Å²) in [4.78, 5) is 16.4. The predicted octanol–water partition coefficient (Wildman–Crippen LogP) is 3.40. The second kappa shape index (κ2) is 4.80. The van der Waals surface area contributed by atoms with Gasteiger partial charge in [0.2, 0.25) is 0 Å². The minimum Gasteiger partial charge on any atom is -0.392 e. The Morgan fingerprint density at radius 2 is 2.00 bits per heavy atom. The average molecular weight is 316 g/mol. The van der Waals surface area contributed by atoms with Gasteiger partial charge in [0, 0.05) is 27.6 Å². The molecule has 0 bridgehead atoms. The smallest absolute Gasteiger partial charge is 0.195 e. The van der Waals surface area contributed by atoms with Crippen LogP contribution in [0.2, 0.25) is 0 Å². The molecule has 3 aromatic rings. The molecule has 24 heavy (non-hydrogen) atoms. The van der Waals surface area contributed by atoms with Gasteiger partial charge in [-0.2, -0.15) is 5.26 Å². The van der Waals surface area contributed by atoms with Gasteiger partial charge in [-0.1, -0.05) is 38.1 Å². The number of aliphatic hydroxyl groups excluding tert-OH is 1. The molecule has 0 amide bonds. The second-order valence-corrected chi connectivity index (χ2v) is 6.74. The number of nitrogens with zero attached hydrogens (tertiary/aromatic N) is 1. The maximum absolute atomic E-state index is 13.1. The largest absolute Gasteiger partial charge is 0.392 e. The number of carbonyl (C=O) groups is 1. The number of aromatic nitrogens is 1. The van der Waals surface area contributed by atoms with E-state index >= 15 is 0 Å². The standard InChI is InChI=1S/C20H16N2O2/c1-20(2)15-7-12(10-23)4-5-13(15)18(24)17-14-6-3-11(9-21)8-16(14)22-19(17)20/h3-8,22-23H,10H2,1-2H3. The quantitative estimate of drug-likeness (QED) is 0.722. The molecular formula is C20H16N2O2. The van der Waals surface area contributed by atoms with E-state index in [0.717, 1.165) is 27.7 Å². The summed E-state index contributed by atoms with van der Waals surface area (Å²) in [7, 11) is 0. The van der Waals surface area contributed by atoms with Gasteiger partial charge in [-0.05, 0) is 23.3 Å². The number of aliphatic hydroxyl groups is 1. The molecule has 0 saturated heterocycles. The molecule has 4 heteroatoms. The third-order valence-corrected chi connectivity index (χ3v) is 4.96. The molecule has 1 aromatic heterocycles. The van der Waals surface area contributed by atoms with E-state index in [4.69, 9.17) is 5.26 Å². The van der Waals surface area contributed by atoms with E-state index in [9.17, 15) is 9.90 Å². The van der Waals surface area contributed by atoms with Crippen molar-refractivity contribution in [1.29, 1.82) is 5.26 Å². The van der Waals surface area contributed by atoms with Crippen LogP contribution in [0.3, 0.4) is 0 Å². The van der Waals surface area contributed by atoms with Crippen molar-refractivity contribution in [3.63, 3.8) is 0 Å². The molecule has 0 atom stereocenters. The van der Waals surface area contributed by atoms with Crippen molar-refractivity contribution in [3.05, 3.63) is 69.9 Å². The van der Waals surface area contributed by atoms with Crippen molar-refractivity contribution >= 4 is 16.7 Å². The second-order valence-electron chi connectivity index (χ2n) is 6.74. The zero-order valence-electron chi connectivity index (χ0n) is 13.5. The van der Waals surface area contributed by atoms with Crippen LogP contribution in [-0.2, 0) is 12.0 Å². The zero-order valence-corrected chi connectivity index (χ0v) is 13.5. The molecule has 1 heterocycles. The fourth-order valence-electron chi connectivity index (χ4n) is 3.65. The van der Waals surface area contributed by atoms with Crippen LogP contribution in [0.15, 0.2) is 36.4 Å². The predicted molar refractivity (Wildman–Crippen MR) is 90.9 cm³/mol. The Kier molecular flexibility index (Phi) is 2.93. The molecule has 118 valence electrons. The molecule has 0 aliphatic heterocycles. The first-order valence-corrected chi connectivity index (χ1v) is 7.82. The molecule has 2 N–H and O–H groups in total. The monoisotopic (exact) mass is 316 g/mol. The summed E-state index contributed by atoms with van der Waals surface area (Å²) in [5.41, 5.74) is 4.90. The van der Waals surface area contributed by atoms with Gasteiger partial charge >= 0.3 is 0 Å². The fraction of sp³-hybridized carbons (Fsp3) is 0.200. The maximum atomic E-state index is 13.1. The molecule has 0 spiro atoms. The topological polar surface area (TPSA) is 76.9 Å². The minimum absolute atomic E-state index is 0.0141. The van der Waals surface area contributed by atoms with E-state index in [1.54, 1.807) is 24.3 Å². The van der Waals surface area contributed by atoms with Crippen molar-refractivity contribution in [2.24, 2.45) is 0 Å². The third kappa shape index (κ3) is 1.79. The number of benzene rings is 2. The lowest BCUT2D eigenvalue weighted by molar-refractivity contribution is 0.103. The Morgan fingerprint density at radius 3 is 2.71 bits per heavy atom. The number of fused-ring (bicyclic) bond motifs is 4. The number of rotatable bonds is 1. The fourth-order valence-corrected chi connectivity index (χ4v) is 3.65. The SMILES string of the molecule is CC1(C)c2cc(CO)ccc2C(=O)c2c1[nH]c1cc(C#N)ccc21. The molecule has 0 fully saturated rings. The van der Waals surface area contributed by atoms with Crippen molar-refractivity contribution in [2.45, 2.75) is 25.9 Å². The van der Waals surface area contributed by atoms with Gasteiger partial charge in [0.25, 0.3) is 0 Å². The first kappa shape index (κ1) is 14.7. The minimum atomic E-state index is -0.393. The molecule has 0 radical (unpaired) electrons. The summed E-state index contributed by atoms with van der Waals surface area (Å²) in [5.74, 6) is -0.0141. The van der Waals surface area contributed by atoms with E-state index in [-0.39, 0.29) is 12.4 Å². The maximum Gasteiger partial charge on any atom is 0.195 e. The van der Waals surface area contributed by atoms with Crippen LogP contribution in [0.5, 0.6) is 0 Å². The summed E-state index contributed by atoms with van der Waals surface area (Å²) < 4.78 is 0. The third-order valence-electron chi connectivity index (χ3n) is 4.96. The highest BCUT2D eigenvalue weighted by molar-refractivity contribution is 6.20.